The van der Waals surface area contributed by atoms with Gasteiger partial charge < -0.3 is 5.73 Å². The second kappa shape index (κ2) is 4.17. The highest BCUT2D eigenvalue weighted by Crippen LogP contribution is 2.36. The SMILES string of the molecule is Nc1ccc2sc(C3C=C(F)C(F)=CC3)nc2c1. The maximum Gasteiger partial charge on any atom is 0.155 e. The number of thiazole rings is 1. The van der Waals surface area contributed by atoms with E-state index >= 15 is 0 Å². The summed E-state index contributed by atoms with van der Waals surface area (Å²) in [6.45, 7) is 0. The van der Waals surface area contributed by atoms with Gasteiger partial charge in [-0.3, -0.25) is 0 Å². The molecule has 18 heavy (non-hydrogen) atoms. The average Bonchev–Trinajstić information content (AvgIpc) is 2.75. The standard InChI is InChI=1S/C13H10F2N2S/c14-9-3-1-7(5-10(9)15)13-17-11-6-8(16)2-4-12(11)18-13/h2-7H,1,16H2. The molecule has 0 amide bonds. The molecule has 3 rings (SSSR count). The number of halogens is 2. The molecule has 1 aromatic heterocycles. The average molecular weight is 264 g/mol. The van der Waals surface area contributed by atoms with Crippen LogP contribution in [0.1, 0.15) is 17.3 Å². The van der Waals surface area contributed by atoms with Crippen molar-refractivity contribution >= 4 is 27.2 Å². The number of nitrogen functional groups attached to an aromatic ring is 1. The molecule has 2 N–H and O–H groups in total. The van der Waals surface area contributed by atoms with Crippen LogP contribution in [0.25, 0.3) is 10.2 Å². The number of anilines is 1. The Morgan fingerprint density at radius 3 is 2.89 bits per heavy atom. The molecule has 1 aliphatic carbocycles. The van der Waals surface area contributed by atoms with Crippen LogP contribution in [0.4, 0.5) is 14.5 Å². The highest BCUT2D eigenvalue weighted by molar-refractivity contribution is 7.18. The zero-order valence-electron chi connectivity index (χ0n) is 9.36. The molecule has 0 radical (unpaired) electrons. The van der Waals surface area contributed by atoms with Gasteiger partial charge in [0.1, 0.15) is 5.01 Å². The number of nitrogens with two attached hydrogens (primary N) is 1. The summed E-state index contributed by atoms with van der Waals surface area (Å²) in [5, 5.41) is 0.787. The van der Waals surface area contributed by atoms with Gasteiger partial charge >= 0.3 is 0 Å². The molecule has 1 heterocycles. The lowest BCUT2D eigenvalue weighted by molar-refractivity contribution is 0.522. The van der Waals surface area contributed by atoms with E-state index in [0.29, 0.717) is 12.1 Å². The first-order valence-electron chi connectivity index (χ1n) is 5.53. The van der Waals surface area contributed by atoms with Crippen molar-refractivity contribution in [1.29, 1.82) is 0 Å². The van der Waals surface area contributed by atoms with Crippen molar-refractivity contribution in [2.45, 2.75) is 12.3 Å². The number of hydrogen-bond acceptors (Lipinski definition) is 3. The molecule has 5 heteroatoms. The second-order valence-corrected chi connectivity index (χ2v) is 5.25. The first-order valence-corrected chi connectivity index (χ1v) is 6.34. The summed E-state index contributed by atoms with van der Waals surface area (Å²) in [5.74, 6) is -1.77. The molecule has 1 atom stereocenters. The van der Waals surface area contributed by atoms with E-state index in [-0.39, 0.29) is 5.92 Å². The molecule has 0 saturated carbocycles. The summed E-state index contributed by atoms with van der Waals surface area (Å²) < 4.78 is 27.1. The molecule has 92 valence electrons. The van der Waals surface area contributed by atoms with Gasteiger partial charge in [-0.1, -0.05) is 0 Å². The van der Waals surface area contributed by atoms with Gasteiger partial charge in [-0.15, -0.1) is 11.3 Å². The Morgan fingerprint density at radius 2 is 2.11 bits per heavy atom. The monoisotopic (exact) mass is 264 g/mol. The van der Waals surface area contributed by atoms with E-state index in [0.717, 1.165) is 15.2 Å². The molecule has 0 spiro atoms. The summed E-state index contributed by atoms with van der Waals surface area (Å²) in [6, 6.07) is 5.49. The molecular formula is C13H10F2N2S. The molecule has 2 nitrogen and oxygen atoms in total. The molecule has 0 fully saturated rings. The largest absolute Gasteiger partial charge is 0.399 e. The maximum absolute atomic E-state index is 13.2. The van der Waals surface area contributed by atoms with Crippen molar-refractivity contribution in [2.24, 2.45) is 0 Å². The minimum absolute atomic E-state index is 0.192. The van der Waals surface area contributed by atoms with Gasteiger partial charge in [0.25, 0.3) is 0 Å². The number of rotatable bonds is 1. The Hall–Kier alpha value is -1.75. The van der Waals surface area contributed by atoms with Crippen LogP contribution in [0.15, 0.2) is 42.0 Å². The smallest absolute Gasteiger partial charge is 0.155 e. The molecule has 1 aliphatic rings. The summed E-state index contributed by atoms with van der Waals surface area (Å²) >= 11 is 1.49. The van der Waals surface area contributed by atoms with Crippen LogP contribution in [0.2, 0.25) is 0 Å². The fourth-order valence-electron chi connectivity index (χ4n) is 1.95. The number of aromatic nitrogens is 1. The summed E-state index contributed by atoms with van der Waals surface area (Å²) in [7, 11) is 0. The number of nitrogens with zero attached hydrogens (tertiary/aromatic N) is 1. The van der Waals surface area contributed by atoms with E-state index < -0.39 is 11.7 Å². The number of benzene rings is 1. The van der Waals surface area contributed by atoms with Crippen molar-refractivity contribution in [3.05, 3.63) is 47.0 Å². The highest BCUT2D eigenvalue weighted by atomic mass is 32.1. The molecule has 1 unspecified atom stereocenters. The Balaban J connectivity index is 2.01. The highest BCUT2D eigenvalue weighted by Gasteiger charge is 2.20. The van der Waals surface area contributed by atoms with Crippen molar-refractivity contribution in [1.82, 2.24) is 4.98 Å². The van der Waals surface area contributed by atoms with Gasteiger partial charge in [-0.2, -0.15) is 0 Å². The number of hydrogen-bond donors (Lipinski definition) is 1. The van der Waals surface area contributed by atoms with Gasteiger partial charge in [0.05, 0.1) is 10.2 Å². The van der Waals surface area contributed by atoms with Crippen LogP contribution in [0.3, 0.4) is 0 Å². The number of fused-ring (bicyclic) bond motifs is 1. The van der Waals surface area contributed by atoms with E-state index in [1.165, 1.54) is 23.5 Å². The molecule has 0 saturated heterocycles. The minimum Gasteiger partial charge on any atom is -0.399 e. The Labute approximate surface area is 106 Å². The van der Waals surface area contributed by atoms with Crippen molar-refractivity contribution in [3.63, 3.8) is 0 Å². The quantitative estimate of drug-likeness (QED) is 0.788. The zero-order valence-corrected chi connectivity index (χ0v) is 10.2. The van der Waals surface area contributed by atoms with E-state index in [4.69, 9.17) is 5.73 Å². The lowest BCUT2D eigenvalue weighted by Gasteiger charge is -2.11. The Morgan fingerprint density at radius 1 is 1.28 bits per heavy atom. The molecule has 2 aromatic rings. The van der Waals surface area contributed by atoms with Gasteiger partial charge in [0.2, 0.25) is 0 Å². The summed E-state index contributed by atoms with van der Waals surface area (Å²) in [6.07, 6.45) is 2.99. The molecule has 0 bridgehead atoms. The van der Waals surface area contributed by atoms with Gasteiger partial charge in [-0.25, -0.2) is 13.8 Å². The van der Waals surface area contributed by atoms with Crippen LogP contribution in [0, 0.1) is 0 Å². The predicted octanol–water partition coefficient (Wildman–Crippen LogP) is 4.07. The Kier molecular flexibility index (Phi) is 2.63. The predicted molar refractivity (Wildman–Crippen MR) is 69.8 cm³/mol. The van der Waals surface area contributed by atoms with Gasteiger partial charge in [0.15, 0.2) is 11.7 Å². The van der Waals surface area contributed by atoms with Crippen LogP contribution in [0.5, 0.6) is 0 Å². The third-order valence-electron chi connectivity index (χ3n) is 2.87. The maximum atomic E-state index is 13.2. The van der Waals surface area contributed by atoms with E-state index in [1.807, 2.05) is 6.07 Å². The first-order chi connectivity index (χ1) is 8.63. The van der Waals surface area contributed by atoms with Crippen LogP contribution < -0.4 is 5.73 Å². The molecular weight excluding hydrogens is 254 g/mol. The van der Waals surface area contributed by atoms with Gasteiger partial charge in [0, 0.05) is 11.6 Å². The molecule has 1 aromatic carbocycles. The lowest BCUT2D eigenvalue weighted by atomic mass is 10.0. The topological polar surface area (TPSA) is 38.9 Å². The van der Waals surface area contributed by atoms with Crippen molar-refractivity contribution in [3.8, 4) is 0 Å². The van der Waals surface area contributed by atoms with Crippen molar-refractivity contribution in [2.75, 3.05) is 5.73 Å². The lowest BCUT2D eigenvalue weighted by Crippen LogP contribution is -1.99. The summed E-state index contributed by atoms with van der Waals surface area (Å²) in [5.41, 5.74) is 7.14. The van der Waals surface area contributed by atoms with E-state index in [9.17, 15) is 8.78 Å². The fourth-order valence-corrected chi connectivity index (χ4v) is 2.98. The van der Waals surface area contributed by atoms with Crippen LogP contribution >= 0.6 is 11.3 Å². The van der Waals surface area contributed by atoms with Crippen LogP contribution in [-0.4, -0.2) is 4.98 Å². The second-order valence-electron chi connectivity index (χ2n) is 4.19. The van der Waals surface area contributed by atoms with Gasteiger partial charge in [-0.05, 0) is 36.8 Å². The zero-order chi connectivity index (χ0) is 12.7. The molecule has 0 aliphatic heterocycles. The Bertz CT molecular complexity index is 673. The number of allylic oxidation sites excluding steroid dienone is 4. The minimum atomic E-state index is -0.801. The third-order valence-corrected chi connectivity index (χ3v) is 4.04. The third kappa shape index (κ3) is 1.90. The van der Waals surface area contributed by atoms with Crippen LogP contribution in [-0.2, 0) is 0 Å². The van der Waals surface area contributed by atoms with E-state index in [1.54, 1.807) is 12.1 Å². The van der Waals surface area contributed by atoms with E-state index in [2.05, 4.69) is 4.98 Å². The summed E-state index contributed by atoms with van der Waals surface area (Å²) in [4.78, 5) is 4.43. The fraction of sp³-hybridized carbons (Fsp3) is 0.154. The normalized spacial score (nSPS) is 19.8. The first kappa shape index (κ1) is 11.3. The van der Waals surface area contributed by atoms with Crippen molar-refractivity contribution < 1.29 is 8.78 Å².